The molecule has 0 unspecified atom stereocenters. The summed E-state index contributed by atoms with van der Waals surface area (Å²) in [5.74, 6) is 1.99. The van der Waals surface area contributed by atoms with E-state index in [1.165, 1.54) is 0 Å². The van der Waals surface area contributed by atoms with Crippen LogP contribution in [0.1, 0.15) is 21.7 Å². The number of carbonyl (C=O) groups is 1. The van der Waals surface area contributed by atoms with Crippen molar-refractivity contribution in [2.75, 3.05) is 0 Å². The van der Waals surface area contributed by atoms with E-state index in [0.717, 1.165) is 11.3 Å². The normalized spacial score (nSPS) is 10.3. The molecule has 0 aliphatic carbocycles. The molecule has 1 amide bonds. The summed E-state index contributed by atoms with van der Waals surface area (Å²) in [5, 5.41) is 6.51. The molecular formula is C18H16N2O3. The maximum Gasteiger partial charge on any atom is 0.251 e. The Hall–Kier alpha value is -3.08. The van der Waals surface area contributed by atoms with Gasteiger partial charge in [-0.3, -0.25) is 4.79 Å². The molecule has 5 heteroatoms. The van der Waals surface area contributed by atoms with E-state index in [2.05, 4.69) is 10.5 Å². The van der Waals surface area contributed by atoms with Gasteiger partial charge in [0, 0.05) is 17.7 Å². The zero-order valence-electron chi connectivity index (χ0n) is 12.7. The second kappa shape index (κ2) is 6.79. The predicted octanol–water partition coefficient (Wildman–Crippen LogP) is 3.71. The summed E-state index contributed by atoms with van der Waals surface area (Å²) >= 11 is 0. The summed E-state index contributed by atoms with van der Waals surface area (Å²) in [5.41, 5.74) is 1.43. The number of nitrogens with zero attached hydrogens (tertiary/aromatic N) is 1. The third-order valence-corrected chi connectivity index (χ3v) is 3.39. The molecule has 3 aromatic rings. The largest absolute Gasteiger partial charge is 0.457 e. The minimum Gasteiger partial charge on any atom is -0.457 e. The molecule has 2 aromatic carbocycles. The van der Waals surface area contributed by atoms with Crippen molar-refractivity contribution >= 4 is 5.91 Å². The molecule has 0 atom stereocenters. The standard InChI is InChI=1S/C18H16N2O3/c1-13-15(12-20-23-13)11-19-18(21)14-7-9-17(10-8-14)22-16-5-3-2-4-6-16/h2-10,12H,11H2,1H3,(H,19,21). The van der Waals surface area contributed by atoms with Gasteiger partial charge in [-0.25, -0.2) is 0 Å². The SMILES string of the molecule is Cc1oncc1CNC(=O)c1ccc(Oc2ccccc2)cc1. The van der Waals surface area contributed by atoms with Crippen LogP contribution in [0, 0.1) is 6.92 Å². The summed E-state index contributed by atoms with van der Waals surface area (Å²) in [7, 11) is 0. The lowest BCUT2D eigenvalue weighted by Gasteiger charge is -2.07. The highest BCUT2D eigenvalue weighted by Crippen LogP contribution is 2.21. The Bertz CT molecular complexity index is 780. The summed E-state index contributed by atoms with van der Waals surface area (Å²) in [4.78, 5) is 12.1. The van der Waals surface area contributed by atoms with E-state index in [4.69, 9.17) is 9.26 Å². The van der Waals surface area contributed by atoms with Gasteiger partial charge in [0.05, 0.1) is 6.20 Å². The van der Waals surface area contributed by atoms with Gasteiger partial charge in [-0.2, -0.15) is 0 Å². The Balaban J connectivity index is 1.60. The second-order valence-electron chi connectivity index (χ2n) is 5.03. The molecule has 1 aromatic heterocycles. The zero-order chi connectivity index (χ0) is 16.1. The first-order chi connectivity index (χ1) is 11.2. The first kappa shape index (κ1) is 14.8. The number of hydrogen-bond acceptors (Lipinski definition) is 4. The number of nitrogens with one attached hydrogen (secondary N) is 1. The summed E-state index contributed by atoms with van der Waals surface area (Å²) in [6, 6.07) is 16.5. The number of ether oxygens (including phenoxy) is 1. The highest BCUT2D eigenvalue weighted by atomic mass is 16.5. The van der Waals surface area contributed by atoms with Gasteiger partial charge in [-0.05, 0) is 43.3 Å². The van der Waals surface area contributed by atoms with Crippen molar-refractivity contribution < 1.29 is 14.1 Å². The van der Waals surface area contributed by atoms with Crippen molar-refractivity contribution in [3.63, 3.8) is 0 Å². The smallest absolute Gasteiger partial charge is 0.251 e. The number of benzene rings is 2. The lowest BCUT2D eigenvalue weighted by molar-refractivity contribution is 0.0951. The molecule has 0 aliphatic heterocycles. The van der Waals surface area contributed by atoms with Gasteiger partial charge >= 0.3 is 0 Å². The summed E-state index contributed by atoms with van der Waals surface area (Å²) in [6.45, 7) is 2.20. The van der Waals surface area contributed by atoms with Gasteiger partial charge in [0.2, 0.25) is 0 Å². The first-order valence-corrected chi connectivity index (χ1v) is 7.24. The third-order valence-electron chi connectivity index (χ3n) is 3.39. The first-order valence-electron chi connectivity index (χ1n) is 7.24. The summed E-state index contributed by atoms with van der Waals surface area (Å²) < 4.78 is 10.7. The van der Waals surface area contributed by atoms with E-state index < -0.39 is 0 Å². The molecule has 3 rings (SSSR count). The predicted molar refractivity (Wildman–Crippen MR) is 85.4 cm³/mol. The van der Waals surface area contributed by atoms with Crippen LogP contribution < -0.4 is 10.1 Å². The van der Waals surface area contributed by atoms with E-state index in [0.29, 0.717) is 23.6 Å². The van der Waals surface area contributed by atoms with Crippen molar-refractivity contribution in [2.45, 2.75) is 13.5 Å². The zero-order valence-corrected chi connectivity index (χ0v) is 12.7. The monoisotopic (exact) mass is 308 g/mol. The lowest BCUT2D eigenvalue weighted by Crippen LogP contribution is -2.22. The molecule has 0 spiro atoms. The molecule has 116 valence electrons. The van der Waals surface area contributed by atoms with Gasteiger partial charge in [0.15, 0.2) is 0 Å². The maximum atomic E-state index is 12.1. The van der Waals surface area contributed by atoms with Gasteiger partial charge in [-0.15, -0.1) is 0 Å². The van der Waals surface area contributed by atoms with Crippen LogP contribution in [0.15, 0.2) is 65.3 Å². The number of rotatable bonds is 5. The number of hydrogen-bond donors (Lipinski definition) is 1. The fraction of sp³-hybridized carbons (Fsp3) is 0.111. The van der Waals surface area contributed by atoms with Gasteiger partial charge in [0.25, 0.3) is 5.91 Å². The molecule has 0 radical (unpaired) electrons. The van der Waals surface area contributed by atoms with E-state index in [1.807, 2.05) is 37.3 Å². The number of para-hydroxylation sites is 1. The number of amides is 1. The molecule has 0 saturated carbocycles. The Labute approximate surface area is 133 Å². The quantitative estimate of drug-likeness (QED) is 0.780. The van der Waals surface area contributed by atoms with Crippen LogP contribution in [-0.2, 0) is 6.54 Å². The van der Waals surface area contributed by atoms with Crippen LogP contribution in [0.5, 0.6) is 11.5 Å². The van der Waals surface area contributed by atoms with E-state index in [1.54, 1.807) is 30.5 Å². The van der Waals surface area contributed by atoms with Crippen molar-refractivity contribution in [3.8, 4) is 11.5 Å². The fourth-order valence-corrected chi connectivity index (χ4v) is 2.07. The van der Waals surface area contributed by atoms with E-state index in [9.17, 15) is 4.79 Å². The summed E-state index contributed by atoms with van der Waals surface area (Å²) in [6.07, 6.45) is 1.60. The molecule has 0 bridgehead atoms. The Morgan fingerprint density at radius 1 is 1.09 bits per heavy atom. The molecule has 0 fully saturated rings. The van der Waals surface area contributed by atoms with Crippen molar-refractivity contribution in [1.29, 1.82) is 0 Å². The van der Waals surface area contributed by atoms with Crippen molar-refractivity contribution in [1.82, 2.24) is 10.5 Å². The minimum atomic E-state index is -0.156. The minimum absolute atomic E-state index is 0.156. The molecule has 0 aliphatic rings. The molecule has 1 heterocycles. The lowest BCUT2D eigenvalue weighted by atomic mass is 10.2. The van der Waals surface area contributed by atoms with E-state index in [-0.39, 0.29) is 5.91 Å². The van der Waals surface area contributed by atoms with Crippen LogP contribution >= 0.6 is 0 Å². The van der Waals surface area contributed by atoms with Crippen LogP contribution in [-0.4, -0.2) is 11.1 Å². The van der Waals surface area contributed by atoms with Crippen LogP contribution in [0.3, 0.4) is 0 Å². The van der Waals surface area contributed by atoms with Crippen molar-refractivity contribution in [2.24, 2.45) is 0 Å². The Morgan fingerprint density at radius 3 is 2.43 bits per heavy atom. The highest BCUT2D eigenvalue weighted by Gasteiger charge is 2.08. The number of aryl methyl sites for hydroxylation is 1. The van der Waals surface area contributed by atoms with E-state index >= 15 is 0 Å². The molecule has 23 heavy (non-hydrogen) atoms. The maximum absolute atomic E-state index is 12.1. The van der Waals surface area contributed by atoms with Crippen LogP contribution in [0.4, 0.5) is 0 Å². The fourth-order valence-electron chi connectivity index (χ4n) is 2.07. The topological polar surface area (TPSA) is 64.4 Å². The second-order valence-corrected chi connectivity index (χ2v) is 5.03. The Kier molecular flexibility index (Phi) is 4.38. The van der Waals surface area contributed by atoms with Gasteiger partial charge in [0.1, 0.15) is 17.3 Å². The van der Waals surface area contributed by atoms with Crippen LogP contribution in [0.2, 0.25) is 0 Å². The number of aromatic nitrogens is 1. The molecule has 0 saturated heterocycles. The molecular weight excluding hydrogens is 292 g/mol. The Morgan fingerprint density at radius 2 is 1.78 bits per heavy atom. The highest BCUT2D eigenvalue weighted by molar-refractivity contribution is 5.94. The molecule has 1 N–H and O–H groups in total. The number of carbonyl (C=O) groups excluding carboxylic acids is 1. The van der Waals surface area contributed by atoms with Gasteiger partial charge < -0.3 is 14.6 Å². The average molecular weight is 308 g/mol. The van der Waals surface area contributed by atoms with Crippen LogP contribution in [0.25, 0.3) is 0 Å². The molecule has 5 nitrogen and oxygen atoms in total. The van der Waals surface area contributed by atoms with Gasteiger partial charge in [-0.1, -0.05) is 23.4 Å². The van der Waals surface area contributed by atoms with Crippen molar-refractivity contribution in [3.05, 3.63) is 77.7 Å². The average Bonchev–Trinajstić information content (AvgIpc) is 2.99. The third kappa shape index (κ3) is 3.77.